The molecule has 1 heterocycles. The van der Waals surface area contributed by atoms with Gasteiger partial charge in [-0.25, -0.2) is 4.98 Å². The lowest BCUT2D eigenvalue weighted by atomic mass is 10.1. The standard InChI is InChI=1S/C17H23N3O2S/c1-4-13-8-5-6-9-14(13)20-17-19-12(2)15(23-17)16(21)18-10-7-11-22-3/h5-6,8-9H,4,7,10-11H2,1-3H3,(H,18,21)(H,19,20). The molecule has 2 aromatic rings. The highest BCUT2D eigenvalue weighted by atomic mass is 32.1. The number of para-hydroxylation sites is 1. The average molecular weight is 333 g/mol. The largest absolute Gasteiger partial charge is 0.385 e. The van der Waals surface area contributed by atoms with E-state index in [-0.39, 0.29) is 5.91 Å². The number of anilines is 2. The van der Waals surface area contributed by atoms with Crippen LogP contribution < -0.4 is 10.6 Å². The fraction of sp³-hybridized carbons (Fsp3) is 0.412. The predicted molar refractivity (Wildman–Crippen MR) is 94.8 cm³/mol. The maximum Gasteiger partial charge on any atom is 0.263 e. The Morgan fingerprint density at radius 3 is 2.87 bits per heavy atom. The van der Waals surface area contributed by atoms with E-state index in [0.717, 1.165) is 29.4 Å². The second kappa shape index (κ2) is 8.64. The molecule has 0 radical (unpaired) electrons. The molecule has 0 aliphatic carbocycles. The molecule has 0 spiro atoms. The SMILES string of the molecule is CCc1ccccc1Nc1nc(C)c(C(=O)NCCCOC)s1. The molecular formula is C17H23N3O2S. The molecule has 0 unspecified atom stereocenters. The van der Waals surface area contributed by atoms with Gasteiger partial charge < -0.3 is 15.4 Å². The lowest BCUT2D eigenvalue weighted by Crippen LogP contribution is -2.24. The average Bonchev–Trinajstić information content (AvgIpc) is 2.92. The summed E-state index contributed by atoms with van der Waals surface area (Å²) in [6.45, 7) is 5.22. The molecule has 0 aliphatic rings. The van der Waals surface area contributed by atoms with Crippen LogP contribution in [-0.4, -0.2) is 31.2 Å². The minimum atomic E-state index is -0.0760. The number of nitrogens with zero attached hydrogens (tertiary/aromatic N) is 1. The van der Waals surface area contributed by atoms with Crippen LogP contribution in [0.4, 0.5) is 10.8 Å². The van der Waals surface area contributed by atoms with Crippen molar-refractivity contribution in [2.45, 2.75) is 26.7 Å². The number of hydrogen-bond donors (Lipinski definition) is 2. The molecule has 124 valence electrons. The first-order chi connectivity index (χ1) is 11.2. The number of hydrogen-bond acceptors (Lipinski definition) is 5. The van der Waals surface area contributed by atoms with Crippen molar-refractivity contribution in [3.8, 4) is 0 Å². The number of benzene rings is 1. The van der Waals surface area contributed by atoms with E-state index < -0.39 is 0 Å². The van der Waals surface area contributed by atoms with Crippen LogP contribution in [0.15, 0.2) is 24.3 Å². The summed E-state index contributed by atoms with van der Waals surface area (Å²) in [7, 11) is 1.65. The molecule has 0 saturated heterocycles. The number of carbonyl (C=O) groups excluding carboxylic acids is 1. The van der Waals surface area contributed by atoms with Crippen molar-refractivity contribution in [3.05, 3.63) is 40.4 Å². The quantitative estimate of drug-likeness (QED) is 0.726. The van der Waals surface area contributed by atoms with Gasteiger partial charge in [0.2, 0.25) is 0 Å². The molecule has 1 aromatic carbocycles. The van der Waals surface area contributed by atoms with E-state index in [1.807, 2.05) is 25.1 Å². The summed E-state index contributed by atoms with van der Waals surface area (Å²) in [6.07, 6.45) is 1.75. The molecule has 1 aromatic heterocycles. The Balaban J connectivity index is 2.04. The van der Waals surface area contributed by atoms with E-state index in [0.29, 0.717) is 18.0 Å². The molecule has 23 heavy (non-hydrogen) atoms. The van der Waals surface area contributed by atoms with Gasteiger partial charge in [-0.1, -0.05) is 36.5 Å². The van der Waals surface area contributed by atoms with Gasteiger partial charge in [0, 0.05) is 25.9 Å². The molecule has 2 rings (SSSR count). The third-order valence-corrected chi connectivity index (χ3v) is 4.53. The molecule has 0 saturated carbocycles. The number of rotatable bonds is 8. The van der Waals surface area contributed by atoms with Gasteiger partial charge in [0.1, 0.15) is 4.88 Å². The number of nitrogens with one attached hydrogen (secondary N) is 2. The first kappa shape index (κ1) is 17.4. The number of carbonyl (C=O) groups is 1. The first-order valence-electron chi connectivity index (χ1n) is 7.75. The zero-order valence-corrected chi connectivity index (χ0v) is 14.6. The second-order valence-electron chi connectivity index (χ2n) is 5.17. The van der Waals surface area contributed by atoms with E-state index in [2.05, 4.69) is 28.6 Å². The molecule has 0 aliphatic heterocycles. The molecule has 0 atom stereocenters. The number of ether oxygens (including phenoxy) is 1. The van der Waals surface area contributed by atoms with E-state index in [1.54, 1.807) is 7.11 Å². The Bertz CT molecular complexity index is 655. The van der Waals surface area contributed by atoms with E-state index in [1.165, 1.54) is 16.9 Å². The third kappa shape index (κ3) is 4.77. The molecule has 0 fully saturated rings. The van der Waals surface area contributed by atoms with Gasteiger partial charge in [0.25, 0.3) is 5.91 Å². The number of amides is 1. The van der Waals surface area contributed by atoms with Gasteiger partial charge in [0.05, 0.1) is 5.69 Å². The summed E-state index contributed by atoms with van der Waals surface area (Å²) in [4.78, 5) is 17.3. The highest BCUT2D eigenvalue weighted by molar-refractivity contribution is 7.17. The van der Waals surface area contributed by atoms with Gasteiger partial charge in [-0.15, -0.1) is 0 Å². The van der Waals surface area contributed by atoms with Gasteiger partial charge in [-0.3, -0.25) is 4.79 Å². The highest BCUT2D eigenvalue weighted by Crippen LogP contribution is 2.27. The summed E-state index contributed by atoms with van der Waals surface area (Å²) in [5.74, 6) is -0.0760. The number of aryl methyl sites for hydroxylation is 2. The lowest BCUT2D eigenvalue weighted by Gasteiger charge is -2.07. The normalized spacial score (nSPS) is 10.6. The summed E-state index contributed by atoms with van der Waals surface area (Å²) >= 11 is 1.38. The molecular weight excluding hydrogens is 310 g/mol. The van der Waals surface area contributed by atoms with Crippen LogP contribution in [0.3, 0.4) is 0 Å². The summed E-state index contributed by atoms with van der Waals surface area (Å²) in [5, 5.41) is 6.96. The van der Waals surface area contributed by atoms with Crippen LogP contribution in [0, 0.1) is 6.92 Å². The number of methoxy groups -OCH3 is 1. The Hall–Kier alpha value is -1.92. The highest BCUT2D eigenvalue weighted by Gasteiger charge is 2.15. The number of thiazole rings is 1. The van der Waals surface area contributed by atoms with Crippen LogP contribution in [0.1, 0.15) is 34.3 Å². The van der Waals surface area contributed by atoms with Crippen molar-refractivity contribution in [3.63, 3.8) is 0 Å². The van der Waals surface area contributed by atoms with Crippen LogP contribution in [0.25, 0.3) is 0 Å². The third-order valence-electron chi connectivity index (χ3n) is 3.45. The summed E-state index contributed by atoms with van der Waals surface area (Å²) in [6, 6.07) is 8.13. The second-order valence-corrected chi connectivity index (χ2v) is 6.17. The van der Waals surface area contributed by atoms with Crippen molar-refractivity contribution in [2.75, 3.05) is 25.6 Å². The maximum atomic E-state index is 12.2. The lowest BCUT2D eigenvalue weighted by molar-refractivity contribution is 0.0952. The van der Waals surface area contributed by atoms with Crippen molar-refractivity contribution < 1.29 is 9.53 Å². The summed E-state index contributed by atoms with van der Waals surface area (Å²) in [5.41, 5.74) is 3.01. The van der Waals surface area contributed by atoms with Crippen molar-refractivity contribution in [1.29, 1.82) is 0 Å². The topological polar surface area (TPSA) is 63.2 Å². The zero-order valence-electron chi connectivity index (χ0n) is 13.8. The van der Waals surface area contributed by atoms with Gasteiger partial charge in [0.15, 0.2) is 5.13 Å². The van der Waals surface area contributed by atoms with E-state index >= 15 is 0 Å². The monoisotopic (exact) mass is 333 g/mol. The Morgan fingerprint density at radius 2 is 2.13 bits per heavy atom. The van der Waals surface area contributed by atoms with Crippen LogP contribution >= 0.6 is 11.3 Å². The molecule has 0 bridgehead atoms. The minimum Gasteiger partial charge on any atom is -0.385 e. The van der Waals surface area contributed by atoms with Crippen molar-refractivity contribution in [2.24, 2.45) is 0 Å². The Labute approximate surface area is 141 Å². The van der Waals surface area contributed by atoms with Gasteiger partial charge in [-0.2, -0.15) is 0 Å². The van der Waals surface area contributed by atoms with E-state index in [9.17, 15) is 4.79 Å². The number of aromatic nitrogens is 1. The minimum absolute atomic E-state index is 0.0760. The molecule has 5 nitrogen and oxygen atoms in total. The fourth-order valence-corrected chi connectivity index (χ4v) is 3.12. The first-order valence-corrected chi connectivity index (χ1v) is 8.56. The maximum absolute atomic E-state index is 12.2. The fourth-order valence-electron chi connectivity index (χ4n) is 2.23. The van der Waals surface area contributed by atoms with Gasteiger partial charge in [-0.05, 0) is 31.4 Å². The zero-order chi connectivity index (χ0) is 16.7. The van der Waals surface area contributed by atoms with Crippen LogP contribution in [0.2, 0.25) is 0 Å². The Morgan fingerprint density at radius 1 is 1.35 bits per heavy atom. The summed E-state index contributed by atoms with van der Waals surface area (Å²) < 4.78 is 4.97. The molecule has 6 heteroatoms. The molecule has 1 amide bonds. The van der Waals surface area contributed by atoms with Crippen LogP contribution in [0.5, 0.6) is 0 Å². The van der Waals surface area contributed by atoms with Gasteiger partial charge >= 0.3 is 0 Å². The van der Waals surface area contributed by atoms with E-state index in [4.69, 9.17) is 4.74 Å². The Kier molecular flexibility index (Phi) is 6.55. The predicted octanol–water partition coefficient (Wildman–Crippen LogP) is 3.52. The van der Waals surface area contributed by atoms with Crippen LogP contribution in [-0.2, 0) is 11.2 Å². The van der Waals surface area contributed by atoms with Crippen molar-refractivity contribution >= 4 is 28.1 Å². The smallest absolute Gasteiger partial charge is 0.263 e. The molecule has 2 N–H and O–H groups in total. The van der Waals surface area contributed by atoms with Crippen molar-refractivity contribution in [1.82, 2.24) is 10.3 Å².